The molecule has 1 N–H and O–H groups in total. The number of likely N-dealkylation sites (tertiary alicyclic amines) is 1. The Bertz CT molecular complexity index is 1280. The van der Waals surface area contributed by atoms with Crippen molar-refractivity contribution in [2.75, 3.05) is 39.4 Å². The number of piperidine rings is 1. The van der Waals surface area contributed by atoms with Gasteiger partial charge in [-0.05, 0) is 37.5 Å². The summed E-state index contributed by atoms with van der Waals surface area (Å²) in [6.45, 7) is 3.34. The minimum absolute atomic E-state index is 0.0558. The molecular weight excluding hydrogens is 472 g/mol. The summed E-state index contributed by atoms with van der Waals surface area (Å²) >= 11 is 1.33. The summed E-state index contributed by atoms with van der Waals surface area (Å²) in [6, 6.07) is 5.34. The van der Waals surface area contributed by atoms with Gasteiger partial charge in [0.05, 0.1) is 17.4 Å². The van der Waals surface area contributed by atoms with Crippen molar-refractivity contribution in [2.24, 2.45) is 5.92 Å². The molecule has 2 amide bonds. The number of carbonyl (C=O) groups excluding carboxylic acids is 2. The molecule has 2 aliphatic rings. The van der Waals surface area contributed by atoms with Crippen LogP contribution in [0.4, 0.5) is 5.69 Å². The maximum Gasteiger partial charge on any atom is 0.264 e. The van der Waals surface area contributed by atoms with Gasteiger partial charge in [0, 0.05) is 37.9 Å². The van der Waals surface area contributed by atoms with Gasteiger partial charge in [-0.15, -0.1) is 11.3 Å². The van der Waals surface area contributed by atoms with Crippen molar-refractivity contribution in [1.29, 1.82) is 0 Å². The maximum absolute atomic E-state index is 13.4. The van der Waals surface area contributed by atoms with Crippen molar-refractivity contribution in [1.82, 2.24) is 14.9 Å². The summed E-state index contributed by atoms with van der Waals surface area (Å²) in [7, 11) is 3.13. The van der Waals surface area contributed by atoms with Crippen molar-refractivity contribution in [2.45, 2.75) is 26.4 Å². The lowest BCUT2D eigenvalue weighted by atomic mass is 9.95. The molecule has 5 rings (SSSR count). The number of nitrogens with zero attached hydrogens (tertiary/aromatic N) is 3. The molecule has 35 heavy (non-hydrogen) atoms. The summed E-state index contributed by atoms with van der Waals surface area (Å²) in [5.74, 6) is 1.95. The lowest BCUT2D eigenvalue weighted by Crippen LogP contribution is -2.41. The first-order chi connectivity index (χ1) is 17.0. The number of benzene rings is 1. The van der Waals surface area contributed by atoms with Crippen LogP contribution >= 0.6 is 11.3 Å². The van der Waals surface area contributed by atoms with Crippen molar-refractivity contribution < 1.29 is 28.5 Å². The van der Waals surface area contributed by atoms with E-state index in [1.54, 1.807) is 37.3 Å². The molecule has 1 aromatic carbocycles. The summed E-state index contributed by atoms with van der Waals surface area (Å²) in [6.07, 6.45) is 1.18. The molecule has 3 aromatic rings. The second kappa shape index (κ2) is 9.67. The van der Waals surface area contributed by atoms with E-state index in [0.717, 1.165) is 10.9 Å². The number of hydrogen-bond donors (Lipinski definition) is 1. The van der Waals surface area contributed by atoms with Crippen LogP contribution in [0.5, 0.6) is 17.4 Å². The van der Waals surface area contributed by atoms with E-state index in [0.29, 0.717) is 64.5 Å². The molecule has 10 nitrogen and oxygen atoms in total. The molecule has 0 bridgehead atoms. The van der Waals surface area contributed by atoms with Crippen LogP contribution in [0.2, 0.25) is 0 Å². The number of ether oxygens (including phenoxy) is 4. The van der Waals surface area contributed by atoms with Crippen LogP contribution in [0.25, 0.3) is 10.2 Å². The molecule has 0 radical (unpaired) electrons. The lowest BCUT2D eigenvalue weighted by Gasteiger charge is -2.31. The van der Waals surface area contributed by atoms with Crippen LogP contribution in [0.3, 0.4) is 0 Å². The number of aromatic nitrogens is 2. The molecule has 184 valence electrons. The van der Waals surface area contributed by atoms with Gasteiger partial charge in [0.25, 0.3) is 5.91 Å². The molecule has 0 spiro atoms. The van der Waals surface area contributed by atoms with Gasteiger partial charge in [0.2, 0.25) is 18.6 Å². The Hall–Kier alpha value is -3.44. The highest BCUT2D eigenvalue weighted by atomic mass is 32.1. The zero-order valence-electron chi connectivity index (χ0n) is 19.8. The number of hydrogen-bond acceptors (Lipinski definition) is 9. The molecule has 1 saturated heterocycles. The van der Waals surface area contributed by atoms with Crippen molar-refractivity contribution >= 4 is 39.1 Å². The summed E-state index contributed by atoms with van der Waals surface area (Å²) in [5.41, 5.74) is 1.47. The SMILES string of the molecule is COCc1nc(OC)c2c(C)c(C(=O)N3CCC(C(=O)Nc4ccc5c(c4)OCO5)CC3)sc2n1. The number of anilines is 1. The Labute approximate surface area is 206 Å². The third kappa shape index (κ3) is 4.48. The van der Waals surface area contributed by atoms with E-state index in [4.69, 9.17) is 18.9 Å². The molecule has 0 unspecified atom stereocenters. The highest BCUT2D eigenvalue weighted by molar-refractivity contribution is 7.20. The van der Waals surface area contributed by atoms with Crippen LogP contribution in [0.15, 0.2) is 18.2 Å². The average Bonchev–Trinajstić information content (AvgIpc) is 3.47. The molecule has 0 aliphatic carbocycles. The summed E-state index contributed by atoms with van der Waals surface area (Å²) in [4.78, 5) is 38.3. The molecule has 11 heteroatoms. The van der Waals surface area contributed by atoms with Crippen molar-refractivity contribution in [3.63, 3.8) is 0 Å². The summed E-state index contributed by atoms with van der Waals surface area (Å²) < 4.78 is 21.3. The predicted octanol–water partition coefficient (Wildman–Crippen LogP) is 3.37. The second-order valence-corrected chi connectivity index (χ2v) is 9.44. The number of aryl methyl sites for hydroxylation is 1. The number of thiophene rings is 1. The fourth-order valence-corrected chi connectivity index (χ4v) is 5.55. The largest absolute Gasteiger partial charge is 0.480 e. The topological polar surface area (TPSA) is 112 Å². The van der Waals surface area contributed by atoms with Crippen LogP contribution in [-0.4, -0.2) is 60.8 Å². The molecule has 2 aliphatic heterocycles. The van der Waals surface area contributed by atoms with Gasteiger partial charge in [-0.25, -0.2) is 4.98 Å². The summed E-state index contributed by atoms with van der Waals surface area (Å²) in [5, 5.41) is 3.71. The molecule has 2 aromatic heterocycles. The van der Waals surface area contributed by atoms with E-state index in [-0.39, 0.29) is 31.1 Å². The third-order valence-corrected chi connectivity index (χ3v) is 7.43. The van der Waals surface area contributed by atoms with Gasteiger partial charge in [0.15, 0.2) is 17.3 Å². The Morgan fingerprint density at radius 1 is 1.17 bits per heavy atom. The molecule has 0 atom stereocenters. The molecule has 0 saturated carbocycles. The first-order valence-electron chi connectivity index (χ1n) is 11.3. The van der Waals surface area contributed by atoms with Crippen LogP contribution in [0, 0.1) is 12.8 Å². The van der Waals surface area contributed by atoms with Gasteiger partial charge in [-0.2, -0.15) is 4.98 Å². The average molecular weight is 499 g/mol. The van der Waals surface area contributed by atoms with E-state index in [1.165, 1.54) is 11.3 Å². The highest BCUT2D eigenvalue weighted by Gasteiger charge is 2.30. The van der Waals surface area contributed by atoms with E-state index in [1.807, 2.05) is 6.92 Å². The maximum atomic E-state index is 13.4. The molecular formula is C24H26N4O6S. The number of methoxy groups -OCH3 is 2. The number of nitrogens with one attached hydrogen (secondary N) is 1. The standard InChI is InChI=1S/C24H26N4O6S/c1-13-19-22(32-3)26-18(11-31-2)27-23(19)35-20(13)24(30)28-8-6-14(7-9-28)21(29)25-15-4-5-16-17(10-15)34-12-33-16/h4-5,10,14H,6-9,11-12H2,1-3H3,(H,25,29). The van der Waals surface area contributed by atoms with E-state index in [2.05, 4.69) is 15.3 Å². The Kier molecular flexibility index (Phi) is 6.44. The van der Waals surface area contributed by atoms with Crippen molar-refractivity contribution in [3.8, 4) is 17.4 Å². The Morgan fingerprint density at radius 3 is 2.69 bits per heavy atom. The van der Waals surface area contributed by atoms with E-state index < -0.39 is 0 Å². The number of fused-ring (bicyclic) bond motifs is 2. The zero-order chi connectivity index (χ0) is 24.5. The van der Waals surface area contributed by atoms with Gasteiger partial charge < -0.3 is 29.2 Å². The van der Waals surface area contributed by atoms with Crippen LogP contribution in [-0.2, 0) is 16.1 Å². The first-order valence-corrected chi connectivity index (χ1v) is 12.1. The second-order valence-electron chi connectivity index (χ2n) is 8.44. The molecule has 1 fully saturated rings. The zero-order valence-corrected chi connectivity index (χ0v) is 20.6. The van der Waals surface area contributed by atoms with E-state index >= 15 is 0 Å². The third-order valence-electron chi connectivity index (χ3n) is 6.26. The van der Waals surface area contributed by atoms with Crippen LogP contribution < -0.4 is 19.5 Å². The van der Waals surface area contributed by atoms with Gasteiger partial charge >= 0.3 is 0 Å². The number of amides is 2. The smallest absolute Gasteiger partial charge is 0.264 e. The lowest BCUT2D eigenvalue weighted by molar-refractivity contribution is -0.121. The van der Waals surface area contributed by atoms with Crippen molar-refractivity contribution in [3.05, 3.63) is 34.5 Å². The molecule has 4 heterocycles. The monoisotopic (exact) mass is 498 g/mol. The van der Waals surface area contributed by atoms with Gasteiger partial charge in [-0.3, -0.25) is 9.59 Å². The number of carbonyl (C=O) groups is 2. The predicted molar refractivity (Wildman–Crippen MR) is 129 cm³/mol. The van der Waals surface area contributed by atoms with Crippen LogP contribution in [0.1, 0.15) is 33.9 Å². The fraction of sp³-hybridized carbons (Fsp3) is 0.417. The number of rotatable bonds is 6. The quantitative estimate of drug-likeness (QED) is 0.551. The highest BCUT2D eigenvalue weighted by Crippen LogP contribution is 2.37. The van der Waals surface area contributed by atoms with Gasteiger partial charge in [0.1, 0.15) is 11.4 Å². The Balaban J connectivity index is 1.25. The fourth-order valence-electron chi connectivity index (χ4n) is 4.40. The Morgan fingerprint density at radius 2 is 1.94 bits per heavy atom. The van der Waals surface area contributed by atoms with Gasteiger partial charge in [-0.1, -0.05) is 0 Å². The minimum Gasteiger partial charge on any atom is -0.480 e. The van der Waals surface area contributed by atoms with E-state index in [9.17, 15) is 9.59 Å². The minimum atomic E-state index is -0.171. The first kappa shape index (κ1) is 23.3. The normalized spacial score (nSPS) is 15.5.